The van der Waals surface area contributed by atoms with Crippen molar-refractivity contribution in [2.75, 3.05) is 11.1 Å². The number of nitrogens with zero attached hydrogens (tertiary/aromatic N) is 3. The number of thioether (sulfide) groups is 1. The van der Waals surface area contributed by atoms with Gasteiger partial charge in [0.05, 0.1) is 11.4 Å². The Labute approximate surface area is 174 Å². The molecule has 4 rings (SSSR count). The molecular formula is C19H13ClN4O2S2. The highest BCUT2D eigenvalue weighted by Crippen LogP contribution is 2.26. The topological polar surface area (TPSA) is 80.9 Å². The third-order valence-corrected chi connectivity index (χ3v) is 5.44. The fourth-order valence-corrected chi connectivity index (χ4v) is 3.85. The summed E-state index contributed by atoms with van der Waals surface area (Å²) in [6.07, 6.45) is 0. The molecule has 0 atom stereocenters. The number of halogens is 1. The van der Waals surface area contributed by atoms with Crippen LogP contribution in [0.1, 0.15) is 0 Å². The molecule has 140 valence electrons. The summed E-state index contributed by atoms with van der Waals surface area (Å²) in [6.45, 7) is 0. The summed E-state index contributed by atoms with van der Waals surface area (Å²) in [5.74, 6) is 0.302. The van der Waals surface area contributed by atoms with Crippen molar-refractivity contribution in [1.82, 2.24) is 15.2 Å². The zero-order valence-electron chi connectivity index (χ0n) is 14.3. The van der Waals surface area contributed by atoms with Gasteiger partial charge in [0.1, 0.15) is 0 Å². The Morgan fingerprint density at radius 2 is 1.93 bits per heavy atom. The van der Waals surface area contributed by atoms with Gasteiger partial charge in [-0.15, -0.1) is 21.5 Å². The van der Waals surface area contributed by atoms with Crippen LogP contribution in [-0.4, -0.2) is 26.8 Å². The zero-order chi connectivity index (χ0) is 19.3. The quantitative estimate of drug-likeness (QED) is 0.423. The van der Waals surface area contributed by atoms with Crippen LogP contribution in [0.5, 0.6) is 0 Å². The minimum atomic E-state index is -0.193. The van der Waals surface area contributed by atoms with Crippen LogP contribution in [0.2, 0.25) is 5.02 Å². The van der Waals surface area contributed by atoms with Crippen molar-refractivity contribution in [3.63, 3.8) is 0 Å². The molecule has 0 aliphatic heterocycles. The molecule has 0 saturated heterocycles. The summed E-state index contributed by atoms with van der Waals surface area (Å²) in [5.41, 5.74) is 2.57. The lowest BCUT2D eigenvalue weighted by atomic mass is 10.2. The Morgan fingerprint density at radius 1 is 1.11 bits per heavy atom. The van der Waals surface area contributed by atoms with Crippen LogP contribution < -0.4 is 5.32 Å². The SMILES string of the molecule is O=C(CSc1nnc(-c2cccc(Cl)c2)o1)Nc1nc(-c2ccccc2)cs1. The lowest BCUT2D eigenvalue weighted by Crippen LogP contribution is -2.13. The fourth-order valence-electron chi connectivity index (χ4n) is 2.36. The Bertz CT molecular complexity index is 1100. The number of nitrogens with one attached hydrogen (secondary N) is 1. The van der Waals surface area contributed by atoms with E-state index in [0.29, 0.717) is 21.3 Å². The molecule has 1 N–H and O–H groups in total. The first kappa shape index (κ1) is 18.7. The van der Waals surface area contributed by atoms with Crippen LogP contribution in [0.3, 0.4) is 0 Å². The maximum atomic E-state index is 12.2. The van der Waals surface area contributed by atoms with Gasteiger partial charge in [-0.25, -0.2) is 4.98 Å². The summed E-state index contributed by atoms with van der Waals surface area (Å²) in [6, 6.07) is 16.9. The highest BCUT2D eigenvalue weighted by Gasteiger charge is 2.13. The first-order valence-corrected chi connectivity index (χ1v) is 10.4. The number of thiazole rings is 1. The van der Waals surface area contributed by atoms with E-state index in [1.807, 2.05) is 41.8 Å². The number of benzene rings is 2. The lowest BCUT2D eigenvalue weighted by Gasteiger charge is -1.99. The van der Waals surface area contributed by atoms with Crippen molar-refractivity contribution in [3.05, 3.63) is 65.0 Å². The summed E-state index contributed by atoms with van der Waals surface area (Å²) in [5, 5.41) is 14.1. The van der Waals surface area contributed by atoms with Crippen LogP contribution in [0.15, 0.2) is 69.6 Å². The molecule has 0 fully saturated rings. The smallest absolute Gasteiger partial charge is 0.277 e. The molecule has 0 aliphatic carbocycles. The molecule has 0 bridgehead atoms. The average molecular weight is 429 g/mol. The Balaban J connectivity index is 1.33. The highest BCUT2D eigenvalue weighted by atomic mass is 35.5. The van der Waals surface area contributed by atoms with Gasteiger partial charge in [0, 0.05) is 21.5 Å². The van der Waals surface area contributed by atoms with E-state index in [2.05, 4.69) is 20.5 Å². The molecule has 0 aliphatic rings. The first-order chi connectivity index (χ1) is 13.7. The van der Waals surface area contributed by atoms with Crippen LogP contribution in [-0.2, 0) is 4.79 Å². The second-order valence-electron chi connectivity index (χ2n) is 5.62. The second kappa shape index (κ2) is 8.55. The normalized spacial score (nSPS) is 10.8. The van der Waals surface area contributed by atoms with Gasteiger partial charge in [-0.1, -0.05) is 59.8 Å². The Kier molecular flexibility index (Phi) is 5.70. The van der Waals surface area contributed by atoms with Gasteiger partial charge in [0.2, 0.25) is 11.8 Å². The van der Waals surface area contributed by atoms with Gasteiger partial charge < -0.3 is 9.73 Å². The molecule has 1 amide bonds. The number of anilines is 1. The van der Waals surface area contributed by atoms with Crippen LogP contribution >= 0.6 is 34.7 Å². The third kappa shape index (κ3) is 4.59. The fraction of sp³-hybridized carbons (Fsp3) is 0.0526. The summed E-state index contributed by atoms with van der Waals surface area (Å²) in [7, 11) is 0. The predicted octanol–water partition coefficient (Wildman–Crippen LogP) is 5.24. The molecule has 6 nitrogen and oxygen atoms in total. The number of hydrogen-bond acceptors (Lipinski definition) is 7. The van der Waals surface area contributed by atoms with Gasteiger partial charge in [0.15, 0.2) is 5.13 Å². The molecule has 0 saturated carbocycles. The molecule has 2 heterocycles. The molecule has 2 aromatic carbocycles. The van der Waals surface area contributed by atoms with E-state index in [1.54, 1.807) is 18.2 Å². The second-order valence-corrected chi connectivity index (χ2v) is 7.85. The number of amides is 1. The van der Waals surface area contributed by atoms with Gasteiger partial charge >= 0.3 is 0 Å². The van der Waals surface area contributed by atoms with Crippen molar-refractivity contribution in [3.8, 4) is 22.7 Å². The van der Waals surface area contributed by atoms with E-state index in [-0.39, 0.29) is 11.7 Å². The number of rotatable bonds is 6. The highest BCUT2D eigenvalue weighted by molar-refractivity contribution is 7.99. The average Bonchev–Trinajstić information content (AvgIpc) is 3.37. The Hall–Kier alpha value is -2.68. The zero-order valence-corrected chi connectivity index (χ0v) is 16.7. The molecule has 9 heteroatoms. The van der Waals surface area contributed by atoms with Crippen molar-refractivity contribution in [1.29, 1.82) is 0 Å². The maximum absolute atomic E-state index is 12.2. The molecule has 28 heavy (non-hydrogen) atoms. The van der Waals surface area contributed by atoms with E-state index in [0.717, 1.165) is 28.6 Å². The third-order valence-electron chi connectivity index (χ3n) is 3.62. The molecular weight excluding hydrogens is 416 g/mol. The molecule has 0 spiro atoms. The van der Waals surface area contributed by atoms with Crippen molar-refractivity contribution in [2.24, 2.45) is 0 Å². The largest absolute Gasteiger partial charge is 0.411 e. The number of aromatic nitrogens is 3. The molecule has 4 aromatic rings. The van der Waals surface area contributed by atoms with Crippen LogP contribution in [0.4, 0.5) is 5.13 Å². The molecule has 2 aromatic heterocycles. The first-order valence-electron chi connectivity index (χ1n) is 8.20. The summed E-state index contributed by atoms with van der Waals surface area (Å²) >= 11 is 8.51. The van der Waals surface area contributed by atoms with Gasteiger partial charge in [-0.05, 0) is 18.2 Å². The van der Waals surface area contributed by atoms with E-state index in [1.165, 1.54) is 11.3 Å². The predicted molar refractivity (Wildman–Crippen MR) is 112 cm³/mol. The van der Waals surface area contributed by atoms with Crippen molar-refractivity contribution >= 4 is 45.7 Å². The van der Waals surface area contributed by atoms with Gasteiger partial charge in [-0.3, -0.25) is 4.79 Å². The Morgan fingerprint density at radius 3 is 2.75 bits per heavy atom. The van der Waals surface area contributed by atoms with Crippen molar-refractivity contribution in [2.45, 2.75) is 5.22 Å². The van der Waals surface area contributed by atoms with E-state index in [9.17, 15) is 4.79 Å². The summed E-state index contributed by atoms with van der Waals surface area (Å²) < 4.78 is 5.58. The van der Waals surface area contributed by atoms with Gasteiger partial charge in [0.25, 0.3) is 5.22 Å². The lowest BCUT2D eigenvalue weighted by molar-refractivity contribution is -0.113. The van der Waals surface area contributed by atoms with E-state index < -0.39 is 0 Å². The maximum Gasteiger partial charge on any atom is 0.277 e. The number of carbonyl (C=O) groups is 1. The summed E-state index contributed by atoms with van der Waals surface area (Å²) in [4.78, 5) is 16.6. The molecule has 0 radical (unpaired) electrons. The van der Waals surface area contributed by atoms with E-state index in [4.69, 9.17) is 16.0 Å². The minimum Gasteiger partial charge on any atom is -0.411 e. The minimum absolute atomic E-state index is 0.136. The monoisotopic (exact) mass is 428 g/mol. The van der Waals surface area contributed by atoms with Crippen molar-refractivity contribution < 1.29 is 9.21 Å². The van der Waals surface area contributed by atoms with Crippen LogP contribution in [0, 0.1) is 0 Å². The number of carbonyl (C=O) groups excluding carboxylic acids is 1. The standard InChI is InChI=1S/C19H13ClN4O2S2/c20-14-8-4-7-13(9-14)17-23-24-19(26-17)28-11-16(25)22-18-21-15(10-27-18)12-5-2-1-3-6-12/h1-10H,11H2,(H,21,22,25). The molecule has 0 unspecified atom stereocenters. The van der Waals surface area contributed by atoms with Crippen LogP contribution in [0.25, 0.3) is 22.7 Å². The van der Waals surface area contributed by atoms with Gasteiger partial charge in [-0.2, -0.15) is 0 Å². The van der Waals surface area contributed by atoms with E-state index >= 15 is 0 Å². The number of hydrogen-bond donors (Lipinski definition) is 1.